The number of nitrogens with zero attached hydrogens (tertiary/aromatic N) is 1. The van der Waals surface area contributed by atoms with E-state index in [-0.39, 0.29) is 10.6 Å². The average Bonchev–Trinajstić information content (AvgIpc) is 2.38. The lowest BCUT2D eigenvalue weighted by atomic mass is 10.1. The standard InChI is InChI=1S/C13H18N2O2S/c1-2-10-18-11-9-14-8-7-12-5-3-4-6-13(12)15(16)17/h2-6,14H,1,7-11H2. The van der Waals surface area contributed by atoms with Crippen LogP contribution in [-0.2, 0) is 6.42 Å². The first-order valence-electron chi connectivity index (χ1n) is 5.87. The molecular formula is C13H18N2O2S. The van der Waals surface area contributed by atoms with Gasteiger partial charge < -0.3 is 5.32 Å². The number of thioether (sulfide) groups is 1. The van der Waals surface area contributed by atoms with Crippen molar-refractivity contribution in [2.75, 3.05) is 24.6 Å². The highest BCUT2D eigenvalue weighted by Gasteiger charge is 2.10. The molecule has 0 amide bonds. The summed E-state index contributed by atoms with van der Waals surface area (Å²) in [5.74, 6) is 1.99. The summed E-state index contributed by atoms with van der Waals surface area (Å²) >= 11 is 1.82. The van der Waals surface area contributed by atoms with Gasteiger partial charge in [-0.25, -0.2) is 0 Å². The van der Waals surface area contributed by atoms with Crippen molar-refractivity contribution in [3.63, 3.8) is 0 Å². The van der Waals surface area contributed by atoms with Crippen LogP contribution in [0.2, 0.25) is 0 Å². The van der Waals surface area contributed by atoms with E-state index in [1.54, 1.807) is 12.1 Å². The minimum atomic E-state index is -0.324. The van der Waals surface area contributed by atoms with E-state index in [2.05, 4.69) is 11.9 Å². The monoisotopic (exact) mass is 266 g/mol. The average molecular weight is 266 g/mol. The highest BCUT2D eigenvalue weighted by molar-refractivity contribution is 7.99. The van der Waals surface area contributed by atoms with E-state index in [4.69, 9.17) is 0 Å². The molecule has 4 nitrogen and oxygen atoms in total. The molecule has 5 heteroatoms. The maximum Gasteiger partial charge on any atom is 0.272 e. The third-order valence-electron chi connectivity index (χ3n) is 2.42. The molecule has 0 saturated heterocycles. The molecule has 0 radical (unpaired) electrons. The van der Waals surface area contributed by atoms with E-state index >= 15 is 0 Å². The van der Waals surface area contributed by atoms with Gasteiger partial charge in [0.15, 0.2) is 0 Å². The summed E-state index contributed by atoms with van der Waals surface area (Å²) in [5, 5.41) is 14.1. The maximum absolute atomic E-state index is 10.8. The zero-order valence-electron chi connectivity index (χ0n) is 10.3. The molecule has 0 bridgehead atoms. The normalized spacial score (nSPS) is 10.2. The number of nitro groups is 1. The number of hydrogen-bond acceptors (Lipinski definition) is 4. The summed E-state index contributed by atoms with van der Waals surface area (Å²) in [6.45, 7) is 5.33. The SMILES string of the molecule is C=CCSCCNCCc1ccccc1[N+](=O)[O-]. The highest BCUT2D eigenvalue weighted by Crippen LogP contribution is 2.17. The molecule has 1 N–H and O–H groups in total. The maximum atomic E-state index is 10.8. The van der Waals surface area contributed by atoms with Crippen LogP contribution >= 0.6 is 11.8 Å². The van der Waals surface area contributed by atoms with Crippen LogP contribution in [-0.4, -0.2) is 29.5 Å². The Morgan fingerprint density at radius 2 is 2.17 bits per heavy atom. The summed E-state index contributed by atoms with van der Waals surface area (Å²) in [6.07, 6.45) is 2.57. The number of nitrogens with one attached hydrogen (secondary N) is 1. The van der Waals surface area contributed by atoms with Crippen LogP contribution in [0.3, 0.4) is 0 Å². The zero-order chi connectivity index (χ0) is 13.2. The van der Waals surface area contributed by atoms with Gasteiger partial charge in [-0.05, 0) is 13.0 Å². The molecule has 0 atom stereocenters. The second-order valence-corrected chi connectivity index (χ2v) is 4.90. The number of hydrogen-bond donors (Lipinski definition) is 1. The Balaban J connectivity index is 2.27. The Morgan fingerprint density at radius 1 is 1.39 bits per heavy atom. The van der Waals surface area contributed by atoms with E-state index in [1.807, 2.05) is 30.0 Å². The van der Waals surface area contributed by atoms with Gasteiger partial charge in [-0.3, -0.25) is 10.1 Å². The minimum Gasteiger partial charge on any atom is -0.316 e. The van der Waals surface area contributed by atoms with Crippen LogP contribution in [0, 0.1) is 10.1 Å². The molecule has 0 heterocycles. The van der Waals surface area contributed by atoms with Crippen molar-refractivity contribution in [1.29, 1.82) is 0 Å². The van der Waals surface area contributed by atoms with Gasteiger partial charge in [0, 0.05) is 29.7 Å². The zero-order valence-corrected chi connectivity index (χ0v) is 11.1. The van der Waals surface area contributed by atoms with Gasteiger partial charge in [-0.15, -0.1) is 6.58 Å². The van der Waals surface area contributed by atoms with E-state index in [1.165, 1.54) is 0 Å². The van der Waals surface area contributed by atoms with Gasteiger partial charge in [-0.2, -0.15) is 11.8 Å². The molecule has 0 fully saturated rings. The molecule has 0 aromatic heterocycles. The van der Waals surface area contributed by atoms with Crippen LogP contribution in [0.15, 0.2) is 36.9 Å². The van der Waals surface area contributed by atoms with Gasteiger partial charge in [0.1, 0.15) is 0 Å². The second kappa shape index (κ2) is 8.72. The number of para-hydroxylation sites is 1. The number of benzene rings is 1. The summed E-state index contributed by atoms with van der Waals surface area (Å²) < 4.78 is 0. The van der Waals surface area contributed by atoms with Crippen molar-refractivity contribution in [3.8, 4) is 0 Å². The van der Waals surface area contributed by atoms with Crippen molar-refractivity contribution in [2.45, 2.75) is 6.42 Å². The third-order valence-corrected chi connectivity index (χ3v) is 3.38. The molecule has 1 aromatic carbocycles. The Hall–Kier alpha value is -1.33. The number of rotatable bonds is 9. The lowest BCUT2D eigenvalue weighted by Gasteiger charge is -2.05. The highest BCUT2D eigenvalue weighted by atomic mass is 32.2. The molecule has 1 rings (SSSR count). The largest absolute Gasteiger partial charge is 0.316 e. The summed E-state index contributed by atoms with van der Waals surface area (Å²) in [5.41, 5.74) is 0.995. The predicted octanol–water partition coefficient (Wildman–Crippen LogP) is 2.65. The van der Waals surface area contributed by atoms with Gasteiger partial charge >= 0.3 is 0 Å². The molecule has 0 aliphatic heterocycles. The topological polar surface area (TPSA) is 55.2 Å². The van der Waals surface area contributed by atoms with Crippen molar-refractivity contribution < 1.29 is 4.92 Å². The molecule has 0 unspecified atom stereocenters. The molecule has 98 valence electrons. The van der Waals surface area contributed by atoms with E-state index < -0.39 is 0 Å². The first-order valence-corrected chi connectivity index (χ1v) is 7.03. The molecule has 18 heavy (non-hydrogen) atoms. The van der Waals surface area contributed by atoms with Crippen LogP contribution < -0.4 is 5.32 Å². The second-order valence-electron chi connectivity index (χ2n) is 3.75. The number of nitro benzene ring substituents is 1. The van der Waals surface area contributed by atoms with Crippen LogP contribution in [0.1, 0.15) is 5.56 Å². The molecule has 0 saturated carbocycles. The van der Waals surface area contributed by atoms with Crippen LogP contribution in [0.4, 0.5) is 5.69 Å². The van der Waals surface area contributed by atoms with Crippen molar-refractivity contribution in [1.82, 2.24) is 5.32 Å². The Bertz CT molecular complexity index is 396. The fourth-order valence-electron chi connectivity index (χ4n) is 1.56. The fourth-order valence-corrected chi connectivity index (χ4v) is 2.18. The van der Waals surface area contributed by atoms with Gasteiger partial charge in [0.2, 0.25) is 0 Å². The Labute approximate surface area is 112 Å². The molecule has 1 aromatic rings. The molecule has 0 aliphatic rings. The lowest BCUT2D eigenvalue weighted by molar-refractivity contribution is -0.385. The lowest BCUT2D eigenvalue weighted by Crippen LogP contribution is -2.20. The first-order chi connectivity index (χ1) is 8.75. The molecule has 0 aliphatic carbocycles. The van der Waals surface area contributed by atoms with E-state index in [0.29, 0.717) is 6.42 Å². The smallest absolute Gasteiger partial charge is 0.272 e. The minimum absolute atomic E-state index is 0.209. The molecule has 0 spiro atoms. The van der Waals surface area contributed by atoms with E-state index in [0.717, 1.165) is 30.2 Å². The summed E-state index contributed by atoms with van der Waals surface area (Å²) in [4.78, 5) is 10.5. The predicted molar refractivity (Wildman–Crippen MR) is 77.2 cm³/mol. The Kier molecular flexibility index (Phi) is 7.13. The van der Waals surface area contributed by atoms with Gasteiger partial charge in [-0.1, -0.05) is 24.3 Å². The summed E-state index contributed by atoms with van der Waals surface area (Å²) in [7, 11) is 0. The fraction of sp³-hybridized carbons (Fsp3) is 0.385. The Morgan fingerprint density at radius 3 is 2.89 bits per heavy atom. The van der Waals surface area contributed by atoms with Crippen molar-refractivity contribution >= 4 is 17.4 Å². The summed E-state index contributed by atoms with van der Waals surface area (Å²) in [6, 6.07) is 6.89. The van der Waals surface area contributed by atoms with Gasteiger partial charge in [0.25, 0.3) is 5.69 Å². The molecular weight excluding hydrogens is 248 g/mol. The third kappa shape index (κ3) is 5.33. The van der Waals surface area contributed by atoms with E-state index in [9.17, 15) is 10.1 Å². The van der Waals surface area contributed by atoms with Crippen molar-refractivity contribution in [2.24, 2.45) is 0 Å². The first kappa shape index (κ1) is 14.7. The quantitative estimate of drug-likeness (QED) is 0.323. The van der Waals surface area contributed by atoms with Crippen molar-refractivity contribution in [3.05, 3.63) is 52.6 Å². The van der Waals surface area contributed by atoms with Gasteiger partial charge in [0.05, 0.1) is 4.92 Å². The van der Waals surface area contributed by atoms with Crippen LogP contribution in [0.5, 0.6) is 0 Å². The van der Waals surface area contributed by atoms with Crippen LogP contribution in [0.25, 0.3) is 0 Å².